The van der Waals surface area contributed by atoms with Gasteiger partial charge in [-0.15, -0.1) is 0 Å². The molecule has 1 aliphatic carbocycles. The maximum Gasteiger partial charge on any atom is 0.437 e. The second-order valence-corrected chi connectivity index (χ2v) is 10.9. The van der Waals surface area contributed by atoms with Gasteiger partial charge < -0.3 is 30.5 Å². The van der Waals surface area contributed by atoms with E-state index in [4.69, 9.17) is 26.2 Å². The van der Waals surface area contributed by atoms with Crippen LogP contribution in [-0.2, 0) is 30.5 Å². The number of methoxy groups -OCH3 is 2. The maximum atomic E-state index is 14.2. The zero-order chi connectivity index (χ0) is 33.0. The van der Waals surface area contributed by atoms with Crippen LogP contribution in [-0.4, -0.2) is 53.8 Å². The van der Waals surface area contributed by atoms with Gasteiger partial charge >= 0.3 is 12.1 Å². The number of nitrogens with one attached hydrogen (secondary N) is 3. The molecule has 0 spiro atoms. The number of carboxylic acid groups (broad SMARTS) is 1. The predicted molar refractivity (Wildman–Crippen MR) is 167 cm³/mol. The largest absolute Gasteiger partial charge is 0.481 e. The van der Waals surface area contributed by atoms with Gasteiger partial charge in [0, 0.05) is 29.8 Å². The van der Waals surface area contributed by atoms with Crippen molar-refractivity contribution in [2.75, 3.05) is 33.1 Å². The van der Waals surface area contributed by atoms with Crippen LogP contribution in [0.3, 0.4) is 0 Å². The molecule has 4 N–H and O–H groups in total. The Kier molecular flexibility index (Phi) is 9.94. The van der Waals surface area contributed by atoms with Crippen molar-refractivity contribution in [1.82, 2.24) is 25.6 Å². The Morgan fingerprint density at radius 2 is 1.70 bits per heavy atom. The molecule has 1 aliphatic rings. The van der Waals surface area contributed by atoms with Gasteiger partial charge in [0.15, 0.2) is 11.5 Å². The molecular formula is C32H32ClF3N6O4. The van der Waals surface area contributed by atoms with Crippen LogP contribution >= 0.6 is 11.6 Å². The van der Waals surface area contributed by atoms with E-state index >= 15 is 0 Å². The average Bonchev–Trinajstić information content (AvgIpc) is 3.44. The summed E-state index contributed by atoms with van der Waals surface area (Å²) in [5.41, 5.74) is 4.30. The molecule has 2 aromatic heterocycles. The van der Waals surface area contributed by atoms with Gasteiger partial charge in [0.2, 0.25) is 11.8 Å². The molecule has 0 amide bonds. The van der Waals surface area contributed by atoms with Crippen LogP contribution in [0.15, 0.2) is 48.5 Å². The summed E-state index contributed by atoms with van der Waals surface area (Å²) >= 11 is 7.01. The first-order valence-electron chi connectivity index (χ1n) is 14.4. The van der Waals surface area contributed by atoms with Crippen molar-refractivity contribution in [2.24, 2.45) is 0 Å². The molecule has 5 rings (SSSR count). The number of fused-ring (bicyclic) bond motifs is 1. The fourth-order valence-corrected chi connectivity index (χ4v) is 5.92. The van der Waals surface area contributed by atoms with Gasteiger partial charge in [-0.2, -0.15) is 18.2 Å². The summed E-state index contributed by atoms with van der Waals surface area (Å²) < 4.78 is 53.2. The fourth-order valence-electron chi connectivity index (χ4n) is 5.60. The number of aliphatic carboxylic acids is 1. The topological polar surface area (TPSA) is 131 Å². The van der Waals surface area contributed by atoms with Gasteiger partial charge in [-0.1, -0.05) is 54.1 Å². The number of nitrogens with zero attached hydrogens (tertiary/aromatic N) is 3. The molecule has 4 aromatic rings. The SMILES string of the molecule is CNCc1ccc(-c2cccc(-c3cccc4c3CC[C@@H]4Nc3nc(OC)c(CNCC(=O)O)nc3C(F)(F)F)c2Cl)nc1OC. The van der Waals surface area contributed by atoms with Crippen LogP contribution in [0.5, 0.6) is 11.8 Å². The Balaban J connectivity index is 1.48. The summed E-state index contributed by atoms with van der Waals surface area (Å²) in [6, 6.07) is 14.7. The van der Waals surface area contributed by atoms with Crippen molar-refractivity contribution in [3.63, 3.8) is 0 Å². The first-order valence-corrected chi connectivity index (χ1v) is 14.7. The van der Waals surface area contributed by atoms with Gasteiger partial charge in [0.05, 0.1) is 37.5 Å². The minimum atomic E-state index is -4.83. The lowest BCUT2D eigenvalue weighted by atomic mass is 9.94. The Labute approximate surface area is 268 Å². The van der Waals surface area contributed by atoms with Gasteiger partial charge in [0.25, 0.3) is 0 Å². The smallest absolute Gasteiger partial charge is 0.437 e. The molecule has 14 heteroatoms. The number of halogens is 4. The van der Waals surface area contributed by atoms with Crippen LogP contribution < -0.4 is 25.4 Å². The van der Waals surface area contributed by atoms with Crippen LogP contribution in [0.4, 0.5) is 19.0 Å². The third kappa shape index (κ3) is 6.86. The molecule has 2 aromatic carbocycles. The molecule has 0 saturated carbocycles. The summed E-state index contributed by atoms with van der Waals surface area (Å²) in [7, 11) is 4.67. The van der Waals surface area contributed by atoms with Crippen molar-refractivity contribution in [2.45, 2.75) is 38.1 Å². The molecule has 1 atom stereocenters. The second-order valence-electron chi connectivity index (χ2n) is 10.5. The summed E-state index contributed by atoms with van der Waals surface area (Å²) in [5.74, 6) is -1.29. The van der Waals surface area contributed by atoms with Crippen molar-refractivity contribution >= 4 is 23.4 Å². The highest BCUT2D eigenvalue weighted by Crippen LogP contribution is 2.44. The highest BCUT2D eigenvalue weighted by molar-refractivity contribution is 6.36. The lowest BCUT2D eigenvalue weighted by Crippen LogP contribution is -2.25. The number of carboxylic acids is 1. The standard InChI is InChI=1S/C32H32ClF3N6O4/c1-37-14-17-10-12-24(41-30(17)45-2)22-9-5-8-21(27(22)33)18-6-4-7-20-19(18)11-13-23(20)40-29-28(32(34,35)36)39-25(31(42-29)46-3)15-38-16-26(43)44/h4-10,12,23,37-38H,11,13-16H2,1-3H3,(H,40,42)(H,43,44)/t23-/m0/s1. The summed E-state index contributed by atoms with van der Waals surface area (Å²) in [6.07, 6.45) is -3.75. The normalized spacial score (nSPS) is 14.2. The molecule has 0 saturated heterocycles. The van der Waals surface area contributed by atoms with Gasteiger partial charge in [-0.3, -0.25) is 4.79 Å². The highest BCUT2D eigenvalue weighted by atomic mass is 35.5. The van der Waals surface area contributed by atoms with Crippen LogP contribution in [0.1, 0.15) is 40.5 Å². The van der Waals surface area contributed by atoms with Crippen molar-refractivity contribution in [3.05, 3.63) is 81.6 Å². The number of anilines is 1. The van der Waals surface area contributed by atoms with E-state index in [2.05, 4.69) is 30.9 Å². The Bertz CT molecular complexity index is 1750. The summed E-state index contributed by atoms with van der Waals surface area (Å²) in [4.78, 5) is 23.4. The zero-order valence-electron chi connectivity index (χ0n) is 25.3. The molecule has 46 heavy (non-hydrogen) atoms. The van der Waals surface area contributed by atoms with Gasteiger partial charge in [0.1, 0.15) is 5.69 Å². The predicted octanol–water partition coefficient (Wildman–Crippen LogP) is 5.89. The molecule has 10 nitrogen and oxygen atoms in total. The molecule has 0 fully saturated rings. The van der Waals surface area contributed by atoms with E-state index in [0.29, 0.717) is 41.5 Å². The monoisotopic (exact) mass is 656 g/mol. The van der Waals surface area contributed by atoms with Gasteiger partial charge in [-0.25, -0.2) is 9.97 Å². The summed E-state index contributed by atoms with van der Waals surface area (Å²) in [5, 5.41) is 17.9. The number of benzene rings is 2. The van der Waals surface area contributed by atoms with E-state index in [9.17, 15) is 18.0 Å². The number of alkyl halides is 3. The molecule has 0 radical (unpaired) electrons. The molecule has 242 valence electrons. The molecular weight excluding hydrogens is 625 g/mol. The van der Waals surface area contributed by atoms with Gasteiger partial charge in [-0.05, 0) is 42.6 Å². The van der Waals surface area contributed by atoms with Crippen molar-refractivity contribution in [1.29, 1.82) is 0 Å². The highest BCUT2D eigenvalue weighted by Gasteiger charge is 2.39. The van der Waals surface area contributed by atoms with Crippen molar-refractivity contribution in [3.8, 4) is 34.1 Å². The second kappa shape index (κ2) is 13.9. The fraction of sp³-hybridized carbons (Fsp3) is 0.312. The molecule has 0 bridgehead atoms. The number of rotatable bonds is 12. The number of carbonyl (C=O) groups is 1. The van der Waals surface area contributed by atoms with E-state index < -0.39 is 36.2 Å². The lowest BCUT2D eigenvalue weighted by molar-refractivity contribution is -0.141. The maximum absolute atomic E-state index is 14.2. The van der Waals surface area contributed by atoms with E-state index in [1.807, 2.05) is 55.6 Å². The van der Waals surface area contributed by atoms with Crippen LogP contribution in [0.25, 0.3) is 22.4 Å². The van der Waals surface area contributed by atoms with E-state index in [1.54, 1.807) is 7.11 Å². The molecule has 0 unspecified atom stereocenters. The zero-order valence-corrected chi connectivity index (χ0v) is 26.0. The third-order valence-corrected chi connectivity index (χ3v) is 8.02. The Morgan fingerprint density at radius 1 is 0.978 bits per heavy atom. The van der Waals surface area contributed by atoms with Crippen molar-refractivity contribution < 1.29 is 32.5 Å². The quantitative estimate of drug-likeness (QED) is 0.146. The summed E-state index contributed by atoms with van der Waals surface area (Å²) in [6.45, 7) is -0.149. The van der Waals surface area contributed by atoms with E-state index in [0.717, 1.165) is 27.8 Å². The minimum absolute atomic E-state index is 0.145. The Morgan fingerprint density at radius 3 is 2.39 bits per heavy atom. The molecule has 0 aliphatic heterocycles. The lowest BCUT2D eigenvalue weighted by Gasteiger charge is -2.20. The van der Waals surface area contributed by atoms with Crippen LogP contribution in [0, 0.1) is 0 Å². The van der Waals surface area contributed by atoms with E-state index in [1.165, 1.54) is 7.11 Å². The average molecular weight is 657 g/mol. The van der Waals surface area contributed by atoms with E-state index in [-0.39, 0.29) is 18.1 Å². The number of pyridine rings is 1. The third-order valence-electron chi connectivity index (χ3n) is 7.61. The molecule has 2 heterocycles. The minimum Gasteiger partial charge on any atom is -0.481 e. The number of hydrogen-bond acceptors (Lipinski definition) is 9. The number of hydrogen-bond donors (Lipinski definition) is 4. The number of ether oxygens (including phenoxy) is 2. The number of aromatic nitrogens is 3. The Hall–Kier alpha value is -4.46. The van der Waals surface area contributed by atoms with Crippen LogP contribution in [0.2, 0.25) is 5.02 Å². The first-order chi connectivity index (χ1) is 22.0. The first kappa shape index (κ1) is 32.9.